The highest BCUT2D eigenvalue weighted by molar-refractivity contribution is 5.77. The van der Waals surface area contributed by atoms with Crippen molar-refractivity contribution in [2.45, 2.75) is 45.3 Å². The number of H-pyrrole nitrogens is 1. The molecule has 7 heteroatoms. The van der Waals surface area contributed by atoms with Crippen LogP contribution in [0.25, 0.3) is 11.1 Å². The molecule has 1 atom stereocenters. The Morgan fingerprint density at radius 1 is 1.15 bits per heavy atom. The minimum absolute atomic E-state index is 0.105. The molecular formula is C19H23N3O4. The van der Waals surface area contributed by atoms with Crippen LogP contribution >= 0.6 is 0 Å². The molecule has 7 N–H and O–H groups in total. The van der Waals surface area contributed by atoms with Crippen molar-refractivity contribution in [3.63, 3.8) is 0 Å². The topological polar surface area (TPSA) is 147 Å². The Morgan fingerprint density at radius 3 is 2.35 bits per heavy atom. The fourth-order valence-corrected chi connectivity index (χ4v) is 3.56. The number of nitriles is 1. The number of aromatic amines is 1. The standard InChI is InChI=1S/C19H23N3O4/c20-5-15-17(18(16(6-21)22-15)19(26)10-1-2-10)12-4-3-11(7-23)13(8-24)14(12)9-25/h3-4,10,19,22-26H,1-2,5,7-9,20H2. The summed E-state index contributed by atoms with van der Waals surface area (Å²) in [6.07, 6.45) is 0.998. The Hall–Kier alpha value is -2.21. The van der Waals surface area contributed by atoms with Gasteiger partial charge in [0.2, 0.25) is 0 Å². The highest BCUT2D eigenvalue weighted by Gasteiger charge is 2.36. The molecule has 1 aliphatic rings. The van der Waals surface area contributed by atoms with E-state index in [0.29, 0.717) is 39.1 Å². The van der Waals surface area contributed by atoms with E-state index in [1.807, 2.05) is 0 Å². The molecule has 1 unspecified atom stereocenters. The summed E-state index contributed by atoms with van der Waals surface area (Å²) in [4.78, 5) is 2.99. The Morgan fingerprint density at radius 2 is 1.85 bits per heavy atom. The van der Waals surface area contributed by atoms with Gasteiger partial charge in [0.05, 0.1) is 25.9 Å². The van der Waals surface area contributed by atoms with E-state index in [-0.39, 0.29) is 38.0 Å². The van der Waals surface area contributed by atoms with Crippen LogP contribution in [0.15, 0.2) is 12.1 Å². The first-order valence-electron chi connectivity index (χ1n) is 8.60. The number of hydrogen-bond acceptors (Lipinski definition) is 6. The van der Waals surface area contributed by atoms with E-state index in [2.05, 4.69) is 11.1 Å². The molecule has 138 valence electrons. The molecule has 0 saturated heterocycles. The van der Waals surface area contributed by atoms with Gasteiger partial charge in [-0.15, -0.1) is 0 Å². The van der Waals surface area contributed by atoms with E-state index in [1.165, 1.54) is 0 Å². The lowest BCUT2D eigenvalue weighted by atomic mass is 9.88. The van der Waals surface area contributed by atoms with Gasteiger partial charge >= 0.3 is 0 Å². The van der Waals surface area contributed by atoms with Gasteiger partial charge in [-0.1, -0.05) is 12.1 Å². The van der Waals surface area contributed by atoms with E-state index in [9.17, 15) is 25.7 Å². The van der Waals surface area contributed by atoms with E-state index >= 15 is 0 Å². The third-order valence-corrected chi connectivity index (χ3v) is 5.08. The smallest absolute Gasteiger partial charge is 0.124 e. The number of nitrogens with zero attached hydrogens (tertiary/aromatic N) is 1. The Bertz CT molecular complexity index is 849. The monoisotopic (exact) mass is 357 g/mol. The van der Waals surface area contributed by atoms with Crippen molar-refractivity contribution in [2.24, 2.45) is 11.7 Å². The van der Waals surface area contributed by atoms with Gasteiger partial charge < -0.3 is 31.1 Å². The second-order valence-electron chi connectivity index (χ2n) is 6.57. The molecule has 1 heterocycles. The average molecular weight is 357 g/mol. The average Bonchev–Trinajstić information content (AvgIpc) is 3.46. The number of aromatic nitrogens is 1. The van der Waals surface area contributed by atoms with Crippen LogP contribution in [-0.4, -0.2) is 25.4 Å². The van der Waals surface area contributed by atoms with Crippen LogP contribution in [0, 0.1) is 17.2 Å². The largest absolute Gasteiger partial charge is 0.392 e. The van der Waals surface area contributed by atoms with Gasteiger partial charge in [0.1, 0.15) is 11.8 Å². The molecule has 0 bridgehead atoms. The summed E-state index contributed by atoms with van der Waals surface area (Å²) in [5.41, 5.74) is 9.84. The van der Waals surface area contributed by atoms with E-state index in [0.717, 1.165) is 12.8 Å². The molecular weight excluding hydrogens is 334 g/mol. The van der Waals surface area contributed by atoms with E-state index in [4.69, 9.17) is 5.73 Å². The summed E-state index contributed by atoms with van der Waals surface area (Å²) in [7, 11) is 0. The van der Waals surface area contributed by atoms with Crippen LogP contribution in [0.2, 0.25) is 0 Å². The van der Waals surface area contributed by atoms with Gasteiger partial charge in [-0.25, -0.2) is 0 Å². The molecule has 3 rings (SSSR count). The predicted octanol–water partition coefficient (Wildman–Crippen LogP) is 0.932. The molecule has 0 amide bonds. The lowest BCUT2D eigenvalue weighted by Crippen LogP contribution is -2.08. The Kier molecular flexibility index (Phi) is 5.41. The first kappa shape index (κ1) is 18.6. The molecule has 0 spiro atoms. The first-order valence-corrected chi connectivity index (χ1v) is 8.60. The number of nitrogens with one attached hydrogen (secondary N) is 1. The maximum absolute atomic E-state index is 10.8. The van der Waals surface area contributed by atoms with Gasteiger partial charge in [-0.3, -0.25) is 0 Å². The lowest BCUT2D eigenvalue weighted by Gasteiger charge is -2.19. The van der Waals surface area contributed by atoms with Crippen LogP contribution < -0.4 is 5.73 Å². The van der Waals surface area contributed by atoms with Crippen molar-refractivity contribution in [1.82, 2.24) is 4.98 Å². The van der Waals surface area contributed by atoms with Crippen LogP contribution in [0.4, 0.5) is 0 Å². The molecule has 2 aromatic rings. The Labute approximate surface area is 151 Å². The maximum atomic E-state index is 10.8. The quantitative estimate of drug-likeness (QED) is 0.434. The number of hydrogen-bond donors (Lipinski definition) is 6. The maximum Gasteiger partial charge on any atom is 0.124 e. The summed E-state index contributed by atoms with van der Waals surface area (Å²) in [6.45, 7) is -0.827. The molecule has 1 aliphatic carbocycles. The summed E-state index contributed by atoms with van der Waals surface area (Å²) < 4.78 is 0. The van der Waals surface area contributed by atoms with Gasteiger partial charge in [-0.2, -0.15) is 5.26 Å². The number of rotatable bonds is 7. The fraction of sp³-hybridized carbons (Fsp3) is 0.421. The highest BCUT2D eigenvalue weighted by atomic mass is 16.3. The normalized spacial score (nSPS) is 15.1. The van der Waals surface area contributed by atoms with Gasteiger partial charge in [0, 0.05) is 23.4 Å². The summed E-state index contributed by atoms with van der Waals surface area (Å²) in [5.74, 6) is 0.105. The zero-order valence-corrected chi connectivity index (χ0v) is 14.4. The second kappa shape index (κ2) is 7.58. The fourth-order valence-electron chi connectivity index (χ4n) is 3.56. The van der Waals surface area contributed by atoms with Gasteiger partial charge in [0.25, 0.3) is 0 Å². The van der Waals surface area contributed by atoms with Crippen molar-refractivity contribution in [1.29, 1.82) is 5.26 Å². The third kappa shape index (κ3) is 3.03. The minimum Gasteiger partial charge on any atom is -0.392 e. The molecule has 1 aromatic carbocycles. The first-order chi connectivity index (χ1) is 12.6. The van der Waals surface area contributed by atoms with Crippen LogP contribution in [-0.2, 0) is 26.4 Å². The number of aliphatic hydroxyl groups is 4. The van der Waals surface area contributed by atoms with Gasteiger partial charge in [0.15, 0.2) is 0 Å². The van der Waals surface area contributed by atoms with Crippen molar-refractivity contribution < 1.29 is 20.4 Å². The summed E-state index contributed by atoms with van der Waals surface area (Å²) in [5, 5.41) is 49.4. The molecule has 7 nitrogen and oxygen atoms in total. The van der Waals surface area contributed by atoms with Crippen LogP contribution in [0.3, 0.4) is 0 Å². The van der Waals surface area contributed by atoms with Crippen molar-refractivity contribution in [2.75, 3.05) is 0 Å². The predicted molar refractivity (Wildman–Crippen MR) is 94.3 cm³/mol. The number of nitrogens with two attached hydrogens (primary N) is 1. The van der Waals surface area contributed by atoms with E-state index in [1.54, 1.807) is 12.1 Å². The van der Waals surface area contributed by atoms with Crippen LogP contribution in [0.1, 0.15) is 52.6 Å². The second-order valence-corrected chi connectivity index (χ2v) is 6.57. The summed E-state index contributed by atoms with van der Waals surface area (Å²) >= 11 is 0. The number of aliphatic hydroxyl groups excluding tert-OH is 4. The molecule has 26 heavy (non-hydrogen) atoms. The molecule has 1 saturated carbocycles. The van der Waals surface area contributed by atoms with Crippen molar-refractivity contribution in [3.8, 4) is 17.2 Å². The Balaban J connectivity index is 2.30. The molecule has 0 radical (unpaired) electrons. The van der Waals surface area contributed by atoms with Crippen molar-refractivity contribution >= 4 is 0 Å². The molecule has 1 aromatic heterocycles. The van der Waals surface area contributed by atoms with Gasteiger partial charge in [-0.05, 0) is 41.0 Å². The zero-order chi connectivity index (χ0) is 18.8. The minimum atomic E-state index is -0.794. The molecule has 0 aliphatic heterocycles. The molecule has 1 fully saturated rings. The highest BCUT2D eigenvalue weighted by Crippen LogP contribution is 2.46. The lowest BCUT2D eigenvalue weighted by molar-refractivity contribution is 0.154. The zero-order valence-electron chi connectivity index (χ0n) is 14.4. The van der Waals surface area contributed by atoms with E-state index < -0.39 is 6.10 Å². The van der Waals surface area contributed by atoms with Crippen molar-refractivity contribution in [3.05, 3.63) is 45.8 Å². The van der Waals surface area contributed by atoms with Crippen LogP contribution in [0.5, 0.6) is 0 Å². The SMILES string of the molecule is N#Cc1[nH]c(CN)c(-c2ccc(CO)c(CO)c2CO)c1C(O)C1CC1. The summed E-state index contributed by atoms with van der Waals surface area (Å²) in [6, 6.07) is 5.49. The number of benzene rings is 1. The third-order valence-electron chi connectivity index (χ3n) is 5.08.